The highest BCUT2D eigenvalue weighted by Crippen LogP contribution is 2.18. The van der Waals surface area contributed by atoms with Crippen LogP contribution in [0.5, 0.6) is 0 Å². The Bertz CT molecular complexity index is 782. The summed E-state index contributed by atoms with van der Waals surface area (Å²) >= 11 is 0. The van der Waals surface area contributed by atoms with Gasteiger partial charge >= 0.3 is 0 Å². The normalized spacial score (nSPS) is 11.0. The Hall–Kier alpha value is -3.28. The lowest BCUT2D eigenvalue weighted by Gasteiger charge is -2.02. The van der Waals surface area contributed by atoms with E-state index in [4.69, 9.17) is 0 Å². The number of hydrogen-bond donors (Lipinski definition) is 1. The zero-order chi connectivity index (χ0) is 16.7. The maximum absolute atomic E-state index is 11.9. The van der Waals surface area contributed by atoms with E-state index in [1.54, 1.807) is 36.4 Å². The molecule has 0 fully saturated rings. The standard InChI is InChI=1S/C17H15N3O3/c1-13-7-2-4-10-15(13)17(21)19-18-12-6-9-14-8-3-5-11-16(14)20(22)23/h2-12H,1H3,(H,19,21)/b9-6+,18-12-. The number of aryl methyl sites for hydroxylation is 1. The Balaban J connectivity index is 1.99. The fourth-order valence-electron chi connectivity index (χ4n) is 1.97. The molecular formula is C17H15N3O3. The van der Waals surface area contributed by atoms with Gasteiger partial charge in [-0.05, 0) is 36.8 Å². The van der Waals surface area contributed by atoms with Gasteiger partial charge in [0.25, 0.3) is 11.6 Å². The lowest BCUT2D eigenvalue weighted by Crippen LogP contribution is -2.18. The van der Waals surface area contributed by atoms with Gasteiger partial charge in [0.1, 0.15) is 0 Å². The van der Waals surface area contributed by atoms with Gasteiger partial charge in [-0.15, -0.1) is 0 Å². The number of benzene rings is 2. The van der Waals surface area contributed by atoms with Gasteiger partial charge in [0.05, 0.1) is 10.5 Å². The van der Waals surface area contributed by atoms with E-state index >= 15 is 0 Å². The molecule has 0 radical (unpaired) electrons. The molecular weight excluding hydrogens is 294 g/mol. The van der Waals surface area contributed by atoms with Gasteiger partial charge in [0.2, 0.25) is 0 Å². The predicted molar refractivity (Wildman–Crippen MR) is 89.3 cm³/mol. The zero-order valence-corrected chi connectivity index (χ0v) is 12.5. The molecule has 0 heterocycles. The van der Waals surface area contributed by atoms with Crippen molar-refractivity contribution in [2.75, 3.05) is 0 Å². The number of allylic oxidation sites excluding steroid dienone is 1. The van der Waals surface area contributed by atoms with Crippen molar-refractivity contribution in [2.24, 2.45) is 5.10 Å². The number of carbonyl (C=O) groups excluding carboxylic acids is 1. The molecule has 1 amide bonds. The summed E-state index contributed by atoms with van der Waals surface area (Å²) in [5, 5.41) is 14.7. The average Bonchev–Trinajstić information content (AvgIpc) is 2.55. The van der Waals surface area contributed by atoms with E-state index in [-0.39, 0.29) is 11.6 Å². The monoisotopic (exact) mass is 309 g/mol. The third-order valence-electron chi connectivity index (χ3n) is 3.13. The molecule has 1 N–H and O–H groups in total. The van der Waals surface area contributed by atoms with Crippen LogP contribution < -0.4 is 5.43 Å². The zero-order valence-electron chi connectivity index (χ0n) is 12.5. The number of hydrogen-bond acceptors (Lipinski definition) is 4. The molecule has 6 heteroatoms. The van der Waals surface area contributed by atoms with Crippen molar-refractivity contribution in [3.8, 4) is 0 Å². The van der Waals surface area contributed by atoms with Crippen molar-refractivity contribution in [3.63, 3.8) is 0 Å². The van der Waals surface area contributed by atoms with Crippen molar-refractivity contribution in [1.82, 2.24) is 5.43 Å². The van der Waals surface area contributed by atoms with E-state index in [0.717, 1.165) is 5.56 Å². The number of nitro groups is 1. The molecule has 0 atom stereocenters. The molecule has 0 unspecified atom stereocenters. The first-order valence-corrected chi connectivity index (χ1v) is 6.88. The Kier molecular flexibility index (Phi) is 5.35. The molecule has 0 aliphatic carbocycles. The SMILES string of the molecule is Cc1ccccc1C(=O)N/N=C\C=C\c1ccccc1[N+](=O)[O-]. The molecule has 116 valence electrons. The molecule has 2 aromatic carbocycles. The third-order valence-corrected chi connectivity index (χ3v) is 3.13. The van der Waals surface area contributed by atoms with Crippen LogP contribution in [-0.4, -0.2) is 17.0 Å². The van der Waals surface area contributed by atoms with Gasteiger partial charge < -0.3 is 0 Å². The van der Waals surface area contributed by atoms with Gasteiger partial charge in [-0.1, -0.05) is 30.3 Å². The second-order valence-electron chi connectivity index (χ2n) is 4.71. The largest absolute Gasteiger partial charge is 0.276 e. The van der Waals surface area contributed by atoms with Crippen LogP contribution in [0.25, 0.3) is 6.08 Å². The first-order chi connectivity index (χ1) is 11.1. The molecule has 0 saturated carbocycles. The Morgan fingerprint density at radius 2 is 1.87 bits per heavy atom. The number of para-hydroxylation sites is 1. The van der Waals surface area contributed by atoms with Crippen LogP contribution in [0.1, 0.15) is 21.5 Å². The van der Waals surface area contributed by atoms with E-state index < -0.39 is 4.92 Å². The number of hydrazone groups is 1. The van der Waals surface area contributed by atoms with Crippen LogP contribution in [0, 0.1) is 17.0 Å². The molecule has 23 heavy (non-hydrogen) atoms. The first-order valence-electron chi connectivity index (χ1n) is 6.88. The fraction of sp³-hybridized carbons (Fsp3) is 0.0588. The van der Waals surface area contributed by atoms with Crippen LogP contribution in [0.2, 0.25) is 0 Å². The third kappa shape index (κ3) is 4.34. The fourth-order valence-corrected chi connectivity index (χ4v) is 1.97. The number of nitrogens with one attached hydrogen (secondary N) is 1. The molecule has 0 aliphatic heterocycles. The summed E-state index contributed by atoms with van der Waals surface area (Å²) in [7, 11) is 0. The number of nitro benzene ring substituents is 1. The molecule has 6 nitrogen and oxygen atoms in total. The highest BCUT2D eigenvalue weighted by Gasteiger charge is 2.08. The number of amides is 1. The topological polar surface area (TPSA) is 84.6 Å². The van der Waals surface area contributed by atoms with Crippen LogP contribution >= 0.6 is 0 Å². The Morgan fingerprint density at radius 1 is 1.17 bits per heavy atom. The Labute approximate surface area is 133 Å². The summed E-state index contributed by atoms with van der Waals surface area (Å²) in [5.41, 5.74) is 4.30. The first kappa shape index (κ1) is 16.1. The van der Waals surface area contributed by atoms with Crippen LogP contribution in [0.15, 0.2) is 59.7 Å². The predicted octanol–water partition coefficient (Wildman–Crippen LogP) is 3.33. The highest BCUT2D eigenvalue weighted by atomic mass is 16.6. The number of carbonyl (C=O) groups is 1. The summed E-state index contributed by atoms with van der Waals surface area (Å²) in [6, 6.07) is 13.6. The smallest absolute Gasteiger partial charge is 0.267 e. The average molecular weight is 309 g/mol. The van der Waals surface area contributed by atoms with Crippen molar-refractivity contribution >= 4 is 23.9 Å². The van der Waals surface area contributed by atoms with Crippen molar-refractivity contribution in [3.05, 3.63) is 81.4 Å². The maximum Gasteiger partial charge on any atom is 0.276 e. The van der Waals surface area contributed by atoms with Crippen molar-refractivity contribution in [1.29, 1.82) is 0 Å². The highest BCUT2D eigenvalue weighted by molar-refractivity contribution is 5.96. The number of nitrogens with zero attached hydrogens (tertiary/aromatic N) is 2. The molecule has 0 aromatic heterocycles. The van der Waals surface area contributed by atoms with Gasteiger partial charge in [-0.3, -0.25) is 14.9 Å². The summed E-state index contributed by atoms with van der Waals surface area (Å²) in [6.45, 7) is 1.84. The van der Waals surface area contributed by atoms with Crippen molar-refractivity contribution in [2.45, 2.75) is 6.92 Å². The van der Waals surface area contributed by atoms with E-state index in [2.05, 4.69) is 10.5 Å². The quantitative estimate of drug-likeness (QED) is 0.522. The molecule has 0 spiro atoms. The van der Waals surface area contributed by atoms with Crippen LogP contribution in [0.3, 0.4) is 0 Å². The number of rotatable bonds is 5. The van der Waals surface area contributed by atoms with E-state index in [0.29, 0.717) is 11.1 Å². The Morgan fingerprint density at radius 3 is 2.61 bits per heavy atom. The molecule has 0 bridgehead atoms. The minimum Gasteiger partial charge on any atom is -0.267 e. The van der Waals surface area contributed by atoms with Crippen LogP contribution in [0.4, 0.5) is 5.69 Å². The van der Waals surface area contributed by atoms with E-state index in [1.165, 1.54) is 18.4 Å². The van der Waals surface area contributed by atoms with Gasteiger partial charge in [0.15, 0.2) is 0 Å². The van der Waals surface area contributed by atoms with Gasteiger partial charge in [-0.25, -0.2) is 5.43 Å². The minimum absolute atomic E-state index is 0.0149. The van der Waals surface area contributed by atoms with Gasteiger partial charge in [-0.2, -0.15) is 5.10 Å². The molecule has 2 aromatic rings. The minimum atomic E-state index is -0.448. The summed E-state index contributed by atoms with van der Waals surface area (Å²) in [6.07, 6.45) is 4.45. The van der Waals surface area contributed by atoms with Crippen molar-refractivity contribution < 1.29 is 9.72 Å². The van der Waals surface area contributed by atoms with Gasteiger partial charge in [0, 0.05) is 17.8 Å². The lowest BCUT2D eigenvalue weighted by atomic mass is 10.1. The van der Waals surface area contributed by atoms with Crippen LogP contribution in [-0.2, 0) is 0 Å². The van der Waals surface area contributed by atoms with E-state index in [1.807, 2.05) is 19.1 Å². The van der Waals surface area contributed by atoms with E-state index in [9.17, 15) is 14.9 Å². The summed E-state index contributed by atoms with van der Waals surface area (Å²) in [4.78, 5) is 22.3. The second-order valence-corrected chi connectivity index (χ2v) is 4.71. The molecule has 0 saturated heterocycles. The molecule has 0 aliphatic rings. The maximum atomic E-state index is 11.9. The molecule has 2 rings (SSSR count). The summed E-state index contributed by atoms with van der Waals surface area (Å²) < 4.78 is 0. The summed E-state index contributed by atoms with van der Waals surface area (Å²) in [5.74, 6) is -0.307. The second kappa shape index (κ2) is 7.65. The lowest BCUT2D eigenvalue weighted by molar-refractivity contribution is -0.385.